The van der Waals surface area contributed by atoms with Crippen LogP contribution in [0.1, 0.15) is 49.2 Å². The van der Waals surface area contributed by atoms with Gasteiger partial charge >= 0.3 is 5.97 Å². The molecule has 2 rings (SSSR count). The van der Waals surface area contributed by atoms with Crippen molar-refractivity contribution in [2.45, 2.75) is 39.7 Å². The lowest BCUT2D eigenvalue weighted by molar-refractivity contribution is -0.147. The number of carbonyl (C=O) groups excluding carboxylic acids is 2. The first-order chi connectivity index (χ1) is 12.7. The van der Waals surface area contributed by atoms with Gasteiger partial charge in [0.2, 0.25) is 0 Å². The number of methoxy groups -OCH3 is 1. The van der Waals surface area contributed by atoms with Crippen LogP contribution in [0.3, 0.4) is 0 Å². The van der Waals surface area contributed by atoms with Gasteiger partial charge in [-0.1, -0.05) is 39.0 Å². The summed E-state index contributed by atoms with van der Waals surface area (Å²) >= 11 is 0. The van der Waals surface area contributed by atoms with Crippen LogP contribution in [0.2, 0.25) is 0 Å². The molecule has 144 valence electrons. The number of Topliss-reactive ketones (excluding diaryl/α,β-unsaturated/α-hetero) is 1. The number of hydrogen-bond donors (Lipinski definition) is 0. The fraction of sp³-hybridized carbons (Fsp3) is 0.364. The summed E-state index contributed by atoms with van der Waals surface area (Å²) in [6.07, 6.45) is 0. The van der Waals surface area contributed by atoms with Crippen molar-refractivity contribution in [3.63, 3.8) is 0 Å². The minimum atomic E-state index is -0.492. The number of rotatable bonds is 7. The number of ether oxygens (including phenoxy) is 3. The van der Waals surface area contributed by atoms with Gasteiger partial charge in [0.05, 0.1) is 7.11 Å². The molecule has 0 aromatic heterocycles. The van der Waals surface area contributed by atoms with Crippen LogP contribution in [0.4, 0.5) is 0 Å². The Balaban J connectivity index is 2.00. The molecule has 27 heavy (non-hydrogen) atoms. The fourth-order valence-electron chi connectivity index (χ4n) is 2.66. The van der Waals surface area contributed by atoms with E-state index in [2.05, 4.69) is 20.8 Å². The van der Waals surface area contributed by atoms with E-state index in [4.69, 9.17) is 14.2 Å². The molecule has 0 saturated carbocycles. The molecule has 0 fully saturated rings. The lowest BCUT2D eigenvalue weighted by Crippen LogP contribution is -2.18. The average Bonchev–Trinajstić information content (AvgIpc) is 2.63. The highest BCUT2D eigenvalue weighted by Crippen LogP contribution is 2.31. The van der Waals surface area contributed by atoms with E-state index in [0.717, 1.165) is 5.56 Å². The normalized spacial score (nSPS) is 11.0. The number of benzene rings is 2. The van der Waals surface area contributed by atoms with E-state index in [1.807, 2.05) is 24.3 Å². The van der Waals surface area contributed by atoms with Crippen LogP contribution in [0, 0.1) is 0 Å². The zero-order valence-corrected chi connectivity index (χ0v) is 16.5. The summed E-state index contributed by atoms with van der Waals surface area (Å²) in [6.45, 7) is 7.55. The van der Waals surface area contributed by atoms with Gasteiger partial charge in [0.1, 0.15) is 18.1 Å². The predicted molar refractivity (Wildman–Crippen MR) is 103 cm³/mol. The fourth-order valence-corrected chi connectivity index (χ4v) is 2.66. The number of para-hydroxylation sites is 1. The van der Waals surface area contributed by atoms with E-state index in [1.165, 1.54) is 14.0 Å². The van der Waals surface area contributed by atoms with Gasteiger partial charge in [0.25, 0.3) is 0 Å². The molecule has 5 nitrogen and oxygen atoms in total. The van der Waals surface area contributed by atoms with Crippen molar-refractivity contribution in [3.8, 4) is 11.5 Å². The minimum Gasteiger partial charge on any atom is -0.496 e. The van der Waals surface area contributed by atoms with Crippen LogP contribution >= 0.6 is 0 Å². The monoisotopic (exact) mass is 370 g/mol. The number of carbonyl (C=O) groups is 2. The molecule has 5 heteroatoms. The summed E-state index contributed by atoms with van der Waals surface area (Å²) in [7, 11) is 1.53. The third-order valence-corrected chi connectivity index (χ3v) is 4.12. The molecule has 0 radical (unpaired) electrons. The van der Waals surface area contributed by atoms with Crippen LogP contribution in [0.25, 0.3) is 0 Å². The van der Waals surface area contributed by atoms with Crippen molar-refractivity contribution in [1.82, 2.24) is 0 Å². The molecule has 0 bridgehead atoms. The van der Waals surface area contributed by atoms with Crippen LogP contribution in [-0.4, -0.2) is 25.5 Å². The summed E-state index contributed by atoms with van der Waals surface area (Å²) < 4.78 is 16.2. The second kappa shape index (κ2) is 8.71. The first-order valence-corrected chi connectivity index (χ1v) is 8.78. The molecular formula is C22H26O5. The highest BCUT2D eigenvalue weighted by Gasteiger charge is 2.19. The van der Waals surface area contributed by atoms with Gasteiger partial charge in [0.15, 0.2) is 12.4 Å². The average molecular weight is 370 g/mol. The summed E-state index contributed by atoms with van der Waals surface area (Å²) in [6, 6.07) is 12.7. The molecule has 0 heterocycles. The zero-order chi connectivity index (χ0) is 20.0. The summed E-state index contributed by atoms with van der Waals surface area (Å²) in [5.74, 6) is 0.672. The molecule has 0 atom stereocenters. The maximum absolute atomic E-state index is 12.1. The number of hydrogen-bond acceptors (Lipinski definition) is 5. The maximum atomic E-state index is 12.1. The van der Waals surface area contributed by atoms with Gasteiger partial charge in [-0.05, 0) is 42.2 Å². The molecular weight excluding hydrogens is 344 g/mol. The van der Waals surface area contributed by atoms with Gasteiger partial charge in [-0.2, -0.15) is 0 Å². The molecule has 0 aliphatic carbocycles. The minimum absolute atomic E-state index is 0.00735. The van der Waals surface area contributed by atoms with E-state index in [1.54, 1.807) is 18.2 Å². The number of esters is 1. The smallest absolute Gasteiger partial charge is 0.344 e. The number of ketones is 1. The largest absolute Gasteiger partial charge is 0.496 e. The summed E-state index contributed by atoms with van der Waals surface area (Å²) in [5.41, 5.74) is 2.10. The van der Waals surface area contributed by atoms with Crippen LogP contribution in [-0.2, 0) is 21.6 Å². The van der Waals surface area contributed by atoms with E-state index in [9.17, 15) is 9.59 Å². The Kier molecular flexibility index (Phi) is 6.61. The molecule has 0 N–H and O–H groups in total. The molecule has 2 aromatic rings. The Morgan fingerprint density at radius 3 is 2.33 bits per heavy atom. The lowest BCUT2D eigenvalue weighted by atomic mass is 9.86. The molecule has 0 unspecified atom stereocenters. The van der Waals surface area contributed by atoms with Gasteiger partial charge in [-0.3, -0.25) is 4.79 Å². The molecule has 2 aromatic carbocycles. The summed E-state index contributed by atoms with van der Waals surface area (Å²) in [4.78, 5) is 23.7. The van der Waals surface area contributed by atoms with Crippen molar-refractivity contribution >= 4 is 11.8 Å². The Hall–Kier alpha value is -2.82. The molecule has 0 saturated heterocycles. The quantitative estimate of drug-likeness (QED) is 0.537. The Labute approximate surface area is 160 Å². The van der Waals surface area contributed by atoms with Gasteiger partial charge in [0, 0.05) is 11.1 Å². The van der Waals surface area contributed by atoms with Crippen molar-refractivity contribution in [3.05, 3.63) is 59.2 Å². The molecule has 0 amide bonds. The Bertz CT molecular complexity index is 818. The van der Waals surface area contributed by atoms with E-state index < -0.39 is 5.97 Å². The first-order valence-electron chi connectivity index (χ1n) is 8.78. The second-order valence-electron chi connectivity index (χ2n) is 7.28. The van der Waals surface area contributed by atoms with Gasteiger partial charge < -0.3 is 14.2 Å². The zero-order valence-electron chi connectivity index (χ0n) is 16.5. The summed E-state index contributed by atoms with van der Waals surface area (Å²) in [5, 5.41) is 0. The highest BCUT2D eigenvalue weighted by molar-refractivity contribution is 5.94. The second-order valence-corrected chi connectivity index (χ2v) is 7.28. The molecule has 0 spiro atoms. The first kappa shape index (κ1) is 20.5. The van der Waals surface area contributed by atoms with E-state index in [0.29, 0.717) is 22.6 Å². The topological polar surface area (TPSA) is 61.8 Å². The predicted octanol–water partition coefficient (Wildman–Crippen LogP) is 4.32. The lowest BCUT2D eigenvalue weighted by Gasteiger charge is -2.22. The van der Waals surface area contributed by atoms with E-state index in [-0.39, 0.29) is 24.4 Å². The Morgan fingerprint density at radius 1 is 1.00 bits per heavy atom. The van der Waals surface area contributed by atoms with Crippen molar-refractivity contribution in [2.75, 3.05) is 13.7 Å². The maximum Gasteiger partial charge on any atom is 0.344 e. The third kappa shape index (κ3) is 5.58. The third-order valence-electron chi connectivity index (χ3n) is 4.12. The standard InChI is InChI=1S/C22H26O5/c1-15(23)16-10-11-19(25-5)17(12-16)13-27-21(24)14-26-20-9-7-6-8-18(20)22(2,3)4/h6-12H,13-14H2,1-5H3. The van der Waals surface area contributed by atoms with E-state index >= 15 is 0 Å². The van der Waals surface area contributed by atoms with Gasteiger partial charge in [-0.25, -0.2) is 4.79 Å². The van der Waals surface area contributed by atoms with Gasteiger partial charge in [-0.15, -0.1) is 0 Å². The molecule has 0 aliphatic heterocycles. The van der Waals surface area contributed by atoms with Crippen molar-refractivity contribution in [1.29, 1.82) is 0 Å². The highest BCUT2D eigenvalue weighted by atomic mass is 16.6. The van der Waals surface area contributed by atoms with Crippen LogP contribution in [0.15, 0.2) is 42.5 Å². The SMILES string of the molecule is COc1ccc(C(C)=O)cc1COC(=O)COc1ccccc1C(C)(C)C. The van der Waals surface area contributed by atoms with Crippen molar-refractivity contribution < 1.29 is 23.8 Å². The molecule has 0 aliphatic rings. The van der Waals surface area contributed by atoms with Crippen LogP contribution in [0.5, 0.6) is 11.5 Å². The van der Waals surface area contributed by atoms with Crippen molar-refractivity contribution in [2.24, 2.45) is 0 Å². The Morgan fingerprint density at radius 2 is 1.70 bits per heavy atom. The van der Waals surface area contributed by atoms with Crippen LogP contribution < -0.4 is 9.47 Å².